The molecule has 0 bridgehead atoms. The Bertz CT molecular complexity index is 1330. The standard InChI is InChI=1S/C30H27F3N2O/c31-30(32,33)22-16-17-24-26(19-22)35-25-14-7-15-27(36)28(25)29(24)34-18-8-13-23(20-9-3-1-4-10-20)21-11-5-2-6-12-21/h1-6,9-12,16-17,19,23H,7-8,13-15,18H2,(H,34,35). The Hall–Kier alpha value is -3.67. The van der Waals surface area contributed by atoms with Crippen LogP contribution < -0.4 is 5.32 Å². The van der Waals surface area contributed by atoms with Crippen molar-refractivity contribution in [3.05, 3.63) is 107 Å². The van der Waals surface area contributed by atoms with Crippen molar-refractivity contribution in [2.75, 3.05) is 11.9 Å². The van der Waals surface area contributed by atoms with Crippen LogP contribution in [0.2, 0.25) is 0 Å². The van der Waals surface area contributed by atoms with E-state index in [0.717, 1.165) is 25.0 Å². The van der Waals surface area contributed by atoms with E-state index in [0.29, 0.717) is 48.1 Å². The second kappa shape index (κ2) is 10.1. The maximum atomic E-state index is 13.3. The number of aryl methyl sites for hydroxylation is 1. The Morgan fingerprint density at radius 1 is 0.889 bits per heavy atom. The summed E-state index contributed by atoms with van der Waals surface area (Å²) in [6.07, 6.45) is -1.05. The number of hydrogen-bond acceptors (Lipinski definition) is 3. The van der Waals surface area contributed by atoms with E-state index in [-0.39, 0.29) is 17.2 Å². The SMILES string of the molecule is O=C1CCCc2nc3cc(C(F)(F)F)ccc3c(NCCCC(c3ccccc3)c3ccccc3)c21. The summed E-state index contributed by atoms with van der Waals surface area (Å²) in [6, 6.07) is 24.3. The fourth-order valence-corrected chi connectivity index (χ4v) is 5.11. The van der Waals surface area contributed by atoms with Gasteiger partial charge in [0.1, 0.15) is 0 Å². The van der Waals surface area contributed by atoms with Crippen LogP contribution in [-0.2, 0) is 12.6 Å². The van der Waals surface area contributed by atoms with Crippen molar-refractivity contribution in [1.29, 1.82) is 0 Å². The quantitative estimate of drug-likeness (QED) is 0.270. The molecule has 0 saturated heterocycles. The van der Waals surface area contributed by atoms with Gasteiger partial charge in [-0.3, -0.25) is 9.78 Å². The number of aromatic nitrogens is 1. The van der Waals surface area contributed by atoms with E-state index in [4.69, 9.17) is 0 Å². The molecule has 1 N–H and O–H groups in total. The number of rotatable bonds is 7. The number of nitrogens with one attached hydrogen (secondary N) is 1. The molecule has 3 nitrogen and oxygen atoms in total. The predicted octanol–water partition coefficient (Wildman–Crippen LogP) is 7.80. The van der Waals surface area contributed by atoms with Crippen LogP contribution in [0.15, 0.2) is 78.9 Å². The fourth-order valence-electron chi connectivity index (χ4n) is 5.11. The molecule has 1 heterocycles. The molecule has 6 heteroatoms. The summed E-state index contributed by atoms with van der Waals surface area (Å²) in [6.45, 7) is 0.593. The van der Waals surface area contributed by atoms with Crippen LogP contribution in [0.25, 0.3) is 10.9 Å². The zero-order valence-corrected chi connectivity index (χ0v) is 19.8. The van der Waals surface area contributed by atoms with Crippen molar-refractivity contribution >= 4 is 22.4 Å². The van der Waals surface area contributed by atoms with Gasteiger partial charge < -0.3 is 5.32 Å². The molecule has 5 rings (SSSR count). The topological polar surface area (TPSA) is 42.0 Å². The van der Waals surface area contributed by atoms with Crippen LogP contribution in [0.4, 0.5) is 18.9 Å². The lowest BCUT2D eigenvalue weighted by Gasteiger charge is -2.22. The molecular weight excluding hydrogens is 461 g/mol. The summed E-state index contributed by atoms with van der Waals surface area (Å²) < 4.78 is 40.0. The van der Waals surface area contributed by atoms with Gasteiger partial charge in [0, 0.05) is 24.3 Å². The number of anilines is 1. The number of carbonyl (C=O) groups excluding carboxylic acids is 1. The van der Waals surface area contributed by atoms with Crippen molar-refractivity contribution < 1.29 is 18.0 Å². The Morgan fingerprint density at radius 3 is 2.19 bits per heavy atom. The molecule has 3 aromatic carbocycles. The van der Waals surface area contributed by atoms with Gasteiger partial charge in [-0.2, -0.15) is 13.2 Å². The van der Waals surface area contributed by atoms with Gasteiger partial charge in [0.2, 0.25) is 0 Å². The maximum Gasteiger partial charge on any atom is 0.416 e. The lowest BCUT2D eigenvalue weighted by molar-refractivity contribution is -0.137. The zero-order valence-electron chi connectivity index (χ0n) is 19.8. The average Bonchev–Trinajstić information content (AvgIpc) is 2.88. The summed E-state index contributed by atoms with van der Waals surface area (Å²) in [7, 11) is 0. The summed E-state index contributed by atoms with van der Waals surface area (Å²) in [5.74, 6) is 0.229. The van der Waals surface area contributed by atoms with E-state index < -0.39 is 11.7 Å². The smallest absolute Gasteiger partial charge is 0.384 e. The Balaban J connectivity index is 1.41. The third-order valence-corrected chi connectivity index (χ3v) is 6.86. The van der Waals surface area contributed by atoms with Crippen LogP contribution in [0.5, 0.6) is 0 Å². The van der Waals surface area contributed by atoms with Crippen LogP contribution >= 0.6 is 0 Å². The van der Waals surface area contributed by atoms with E-state index in [1.54, 1.807) is 0 Å². The van der Waals surface area contributed by atoms with Gasteiger partial charge in [-0.25, -0.2) is 0 Å². The molecule has 0 fully saturated rings. The number of benzene rings is 3. The second-order valence-electron chi connectivity index (χ2n) is 9.26. The molecule has 0 saturated carbocycles. The van der Waals surface area contributed by atoms with E-state index in [9.17, 15) is 18.0 Å². The van der Waals surface area contributed by atoms with E-state index in [1.807, 2.05) is 36.4 Å². The Labute approximate surface area is 208 Å². The normalized spacial score (nSPS) is 13.7. The molecule has 36 heavy (non-hydrogen) atoms. The molecule has 184 valence electrons. The number of hydrogen-bond donors (Lipinski definition) is 1. The van der Waals surface area contributed by atoms with Crippen molar-refractivity contribution in [3.63, 3.8) is 0 Å². The van der Waals surface area contributed by atoms with Crippen LogP contribution in [-0.4, -0.2) is 17.3 Å². The minimum atomic E-state index is -4.45. The van der Waals surface area contributed by atoms with Crippen molar-refractivity contribution in [3.8, 4) is 0 Å². The predicted molar refractivity (Wildman–Crippen MR) is 136 cm³/mol. The minimum absolute atomic E-state index is 0.000467. The van der Waals surface area contributed by atoms with Gasteiger partial charge in [-0.1, -0.05) is 66.7 Å². The molecule has 0 amide bonds. The molecule has 0 radical (unpaired) electrons. The number of fused-ring (bicyclic) bond motifs is 2. The monoisotopic (exact) mass is 488 g/mol. The number of pyridine rings is 1. The number of carbonyl (C=O) groups is 1. The highest BCUT2D eigenvalue weighted by atomic mass is 19.4. The lowest BCUT2D eigenvalue weighted by atomic mass is 9.87. The third-order valence-electron chi connectivity index (χ3n) is 6.86. The number of nitrogens with zero attached hydrogens (tertiary/aromatic N) is 1. The second-order valence-corrected chi connectivity index (χ2v) is 9.26. The largest absolute Gasteiger partial charge is 0.416 e. The van der Waals surface area contributed by atoms with Gasteiger partial charge in [-0.05, 0) is 48.9 Å². The molecule has 0 aliphatic heterocycles. The first-order valence-electron chi connectivity index (χ1n) is 12.3. The summed E-state index contributed by atoms with van der Waals surface area (Å²) >= 11 is 0. The number of Topliss-reactive ketones (excluding diaryl/α,β-unsaturated/α-hetero) is 1. The molecule has 0 atom stereocenters. The molecule has 0 spiro atoms. The first kappa shape index (κ1) is 24.0. The van der Waals surface area contributed by atoms with Gasteiger partial charge in [0.25, 0.3) is 0 Å². The first-order chi connectivity index (χ1) is 17.4. The number of halogens is 3. The first-order valence-corrected chi connectivity index (χ1v) is 12.3. The van der Waals surface area contributed by atoms with Gasteiger partial charge in [-0.15, -0.1) is 0 Å². The molecular formula is C30H27F3N2O. The third kappa shape index (κ3) is 4.99. The molecule has 1 aliphatic rings. The Kier molecular flexibility index (Phi) is 6.77. The van der Waals surface area contributed by atoms with E-state index in [2.05, 4.69) is 34.6 Å². The highest BCUT2D eigenvalue weighted by molar-refractivity contribution is 6.09. The summed E-state index contributed by atoms with van der Waals surface area (Å²) in [4.78, 5) is 17.3. The lowest BCUT2D eigenvalue weighted by Crippen LogP contribution is -2.18. The summed E-state index contributed by atoms with van der Waals surface area (Å²) in [5.41, 5.74) is 3.76. The molecule has 4 aromatic rings. The Morgan fingerprint density at radius 2 is 1.56 bits per heavy atom. The average molecular weight is 489 g/mol. The highest BCUT2D eigenvalue weighted by Crippen LogP contribution is 2.37. The number of alkyl halides is 3. The molecule has 1 aromatic heterocycles. The van der Waals surface area contributed by atoms with E-state index >= 15 is 0 Å². The van der Waals surface area contributed by atoms with Crippen LogP contribution in [0.3, 0.4) is 0 Å². The fraction of sp³-hybridized carbons (Fsp3) is 0.267. The highest BCUT2D eigenvalue weighted by Gasteiger charge is 2.32. The van der Waals surface area contributed by atoms with Gasteiger partial charge in [0.15, 0.2) is 5.78 Å². The summed E-state index contributed by atoms with van der Waals surface area (Å²) in [5, 5.41) is 3.98. The minimum Gasteiger partial charge on any atom is -0.384 e. The van der Waals surface area contributed by atoms with Crippen LogP contribution in [0.1, 0.15) is 64.3 Å². The van der Waals surface area contributed by atoms with Crippen molar-refractivity contribution in [2.24, 2.45) is 0 Å². The van der Waals surface area contributed by atoms with Crippen molar-refractivity contribution in [1.82, 2.24) is 4.98 Å². The number of ketones is 1. The zero-order chi connectivity index (χ0) is 25.1. The van der Waals surface area contributed by atoms with Gasteiger partial charge in [0.05, 0.1) is 28.0 Å². The molecule has 1 aliphatic carbocycles. The van der Waals surface area contributed by atoms with Gasteiger partial charge >= 0.3 is 6.18 Å². The van der Waals surface area contributed by atoms with E-state index in [1.165, 1.54) is 17.2 Å². The maximum absolute atomic E-state index is 13.3. The molecule has 0 unspecified atom stereocenters. The van der Waals surface area contributed by atoms with Crippen LogP contribution in [0, 0.1) is 0 Å². The van der Waals surface area contributed by atoms with Crippen molar-refractivity contribution in [2.45, 2.75) is 44.2 Å².